The van der Waals surface area contributed by atoms with Crippen LogP contribution in [0.4, 0.5) is 0 Å². The van der Waals surface area contributed by atoms with Gasteiger partial charge in [-0.1, -0.05) is 6.92 Å². The van der Waals surface area contributed by atoms with Gasteiger partial charge in [0, 0.05) is 0 Å². The standard InChI is InChI=1S/C11H14O5/c1-4-11(9(12)14-2,10(13)15-3)8-6-5-7-16-8/h5-7H,4H2,1-3H3. The predicted molar refractivity (Wildman–Crippen MR) is 54.7 cm³/mol. The molecule has 0 saturated heterocycles. The molecule has 0 radical (unpaired) electrons. The first kappa shape index (κ1) is 12.3. The number of rotatable bonds is 4. The van der Waals surface area contributed by atoms with Crippen LogP contribution in [-0.4, -0.2) is 26.2 Å². The Hall–Kier alpha value is -1.78. The van der Waals surface area contributed by atoms with Gasteiger partial charge < -0.3 is 13.9 Å². The normalized spacial score (nSPS) is 10.9. The van der Waals surface area contributed by atoms with Crippen molar-refractivity contribution >= 4 is 11.9 Å². The molecule has 1 aromatic heterocycles. The highest BCUT2D eigenvalue weighted by Crippen LogP contribution is 2.31. The third-order valence-electron chi connectivity index (χ3n) is 2.54. The third kappa shape index (κ3) is 1.68. The average Bonchev–Trinajstić information content (AvgIpc) is 2.84. The van der Waals surface area contributed by atoms with Crippen molar-refractivity contribution in [1.29, 1.82) is 0 Å². The molecule has 0 unspecified atom stereocenters. The van der Waals surface area contributed by atoms with Gasteiger partial charge in [0.1, 0.15) is 5.76 Å². The highest BCUT2D eigenvalue weighted by atomic mass is 16.5. The van der Waals surface area contributed by atoms with Gasteiger partial charge in [-0.15, -0.1) is 0 Å². The van der Waals surface area contributed by atoms with Gasteiger partial charge in [-0.2, -0.15) is 0 Å². The Kier molecular flexibility index (Phi) is 3.71. The molecule has 0 bridgehead atoms. The summed E-state index contributed by atoms with van der Waals surface area (Å²) >= 11 is 0. The molecule has 0 spiro atoms. The fourth-order valence-electron chi connectivity index (χ4n) is 1.62. The Balaban J connectivity index is 3.29. The molecule has 5 nitrogen and oxygen atoms in total. The van der Waals surface area contributed by atoms with Crippen molar-refractivity contribution in [2.24, 2.45) is 0 Å². The van der Waals surface area contributed by atoms with Crippen LogP contribution in [-0.2, 0) is 24.5 Å². The SMILES string of the molecule is CCC(C(=O)OC)(C(=O)OC)c1ccco1. The largest absolute Gasteiger partial charge is 0.468 e. The van der Waals surface area contributed by atoms with Gasteiger partial charge in [0.25, 0.3) is 0 Å². The van der Waals surface area contributed by atoms with Crippen molar-refractivity contribution in [3.63, 3.8) is 0 Å². The van der Waals surface area contributed by atoms with Gasteiger partial charge in [0.05, 0.1) is 20.5 Å². The van der Waals surface area contributed by atoms with Gasteiger partial charge in [0.15, 0.2) is 0 Å². The van der Waals surface area contributed by atoms with E-state index >= 15 is 0 Å². The zero-order chi connectivity index (χ0) is 12.2. The van der Waals surface area contributed by atoms with Crippen LogP contribution in [0, 0.1) is 0 Å². The number of hydrogen-bond donors (Lipinski definition) is 0. The summed E-state index contributed by atoms with van der Waals surface area (Å²) in [5.74, 6) is -1.14. The number of esters is 2. The van der Waals surface area contributed by atoms with E-state index in [9.17, 15) is 9.59 Å². The van der Waals surface area contributed by atoms with E-state index in [4.69, 9.17) is 4.42 Å². The molecule has 0 aliphatic carbocycles. The summed E-state index contributed by atoms with van der Waals surface area (Å²) in [4.78, 5) is 23.6. The molecular weight excluding hydrogens is 212 g/mol. The zero-order valence-corrected chi connectivity index (χ0v) is 9.48. The number of hydrogen-bond acceptors (Lipinski definition) is 5. The summed E-state index contributed by atoms with van der Waals surface area (Å²) in [6.07, 6.45) is 1.60. The van der Waals surface area contributed by atoms with E-state index in [1.807, 2.05) is 0 Å². The summed E-state index contributed by atoms with van der Waals surface area (Å²) in [7, 11) is 2.44. The number of methoxy groups -OCH3 is 2. The van der Waals surface area contributed by atoms with Crippen LogP contribution in [0.3, 0.4) is 0 Å². The van der Waals surface area contributed by atoms with Crippen LogP contribution in [0.1, 0.15) is 19.1 Å². The van der Waals surface area contributed by atoms with Crippen molar-refractivity contribution in [3.05, 3.63) is 24.2 Å². The van der Waals surface area contributed by atoms with Gasteiger partial charge >= 0.3 is 11.9 Å². The lowest BCUT2D eigenvalue weighted by atomic mass is 9.82. The first-order valence-corrected chi connectivity index (χ1v) is 4.84. The van der Waals surface area contributed by atoms with Crippen molar-refractivity contribution in [2.75, 3.05) is 14.2 Å². The van der Waals surface area contributed by atoms with Gasteiger partial charge in [-0.25, -0.2) is 0 Å². The fraction of sp³-hybridized carbons (Fsp3) is 0.455. The minimum atomic E-state index is -1.51. The molecule has 0 amide bonds. The lowest BCUT2D eigenvalue weighted by molar-refractivity contribution is -0.163. The minimum Gasteiger partial charge on any atom is -0.468 e. The molecule has 1 rings (SSSR count). The molecule has 0 aliphatic heterocycles. The lowest BCUT2D eigenvalue weighted by Crippen LogP contribution is -2.44. The first-order chi connectivity index (χ1) is 7.63. The molecule has 0 aliphatic rings. The predicted octanol–water partition coefficient (Wildman–Crippen LogP) is 1.27. The van der Waals surface area contributed by atoms with Crippen LogP contribution < -0.4 is 0 Å². The lowest BCUT2D eigenvalue weighted by Gasteiger charge is -2.24. The zero-order valence-electron chi connectivity index (χ0n) is 9.48. The highest BCUT2D eigenvalue weighted by Gasteiger charge is 2.51. The molecule has 0 saturated carbocycles. The molecule has 0 N–H and O–H groups in total. The average molecular weight is 226 g/mol. The quantitative estimate of drug-likeness (QED) is 0.571. The monoisotopic (exact) mass is 226 g/mol. The van der Waals surface area contributed by atoms with E-state index in [1.165, 1.54) is 20.5 Å². The fourth-order valence-corrected chi connectivity index (χ4v) is 1.62. The highest BCUT2D eigenvalue weighted by molar-refractivity contribution is 6.05. The molecule has 0 fully saturated rings. The number of carbonyl (C=O) groups is 2. The second-order valence-corrected chi connectivity index (χ2v) is 3.22. The Morgan fingerprint density at radius 1 is 1.31 bits per heavy atom. The molecular formula is C11H14O5. The van der Waals surface area contributed by atoms with Gasteiger partial charge in [-0.3, -0.25) is 9.59 Å². The Morgan fingerprint density at radius 2 is 1.88 bits per heavy atom. The Bertz CT molecular complexity index is 350. The van der Waals surface area contributed by atoms with E-state index in [2.05, 4.69) is 9.47 Å². The number of carbonyl (C=O) groups excluding carboxylic acids is 2. The summed E-state index contributed by atoms with van der Waals surface area (Å²) in [5, 5.41) is 0. The van der Waals surface area contributed by atoms with Crippen molar-refractivity contribution in [2.45, 2.75) is 18.8 Å². The van der Waals surface area contributed by atoms with Crippen molar-refractivity contribution in [3.8, 4) is 0 Å². The van der Waals surface area contributed by atoms with Gasteiger partial charge in [0.2, 0.25) is 5.41 Å². The molecule has 16 heavy (non-hydrogen) atoms. The van der Waals surface area contributed by atoms with Crippen LogP contribution in [0.2, 0.25) is 0 Å². The first-order valence-electron chi connectivity index (χ1n) is 4.84. The van der Waals surface area contributed by atoms with E-state index in [0.29, 0.717) is 0 Å². The van der Waals surface area contributed by atoms with Crippen LogP contribution in [0.5, 0.6) is 0 Å². The topological polar surface area (TPSA) is 65.7 Å². The molecule has 0 aromatic carbocycles. The summed E-state index contributed by atoms with van der Waals surface area (Å²) in [6, 6.07) is 3.16. The summed E-state index contributed by atoms with van der Waals surface area (Å²) < 4.78 is 14.4. The second-order valence-electron chi connectivity index (χ2n) is 3.22. The van der Waals surface area contributed by atoms with Crippen LogP contribution in [0.15, 0.2) is 22.8 Å². The smallest absolute Gasteiger partial charge is 0.331 e. The second kappa shape index (κ2) is 4.83. The summed E-state index contributed by atoms with van der Waals surface area (Å²) in [6.45, 7) is 1.69. The van der Waals surface area contributed by atoms with E-state index < -0.39 is 17.4 Å². The Morgan fingerprint density at radius 3 is 2.19 bits per heavy atom. The minimum absolute atomic E-state index is 0.208. The number of ether oxygens (including phenoxy) is 2. The maximum absolute atomic E-state index is 11.8. The molecule has 88 valence electrons. The maximum atomic E-state index is 11.8. The third-order valence-corrected chi connectivity index (χ3v) is 2.54. The van der Waals surface area contributed by atoms with Crippen molar-refractivity contribution < 1.29 is 23.5 Å². The molecule has 0 atom stereocenters. The van der Waals surface area contributed by atoms with E-state index in [-0.39, 0.29) is 12.2 Å². The Labute approximate surface area is 93.3 Å². The molecule has 5 heteroatoms. The van der Waals surface area contributed by atoms with E-state index in [1.54, 1.807) is 19.1 Å². The van der Waals surface area contributed by atoms with E-state index in [0.717, 1.165) is 0 Å². The van der Waals surface area contributed by atoms with Crippen LogP contribution in [0.25, 0.3) is 0 Å². The molecule has 1 aromatic rings. The van der Waals surface area contributed by atoms with Crippen molar-refractivity contribution in [1.82, 2.24) is 0 Å². The number of furan rings is 1. The van der Waals surface area contributed by atoms with Crippen LogP contribution >= 0.6 is 0 Å². The van der Waals surface area contributed by atoms with Gasteiger partial charge in [-0.05, 0) is 18.6 Å². The molecule has 1 heterocycles. The maximum Gasteiger partial charge on any atom is 0.331 e. The summed E-state index contributed by atoms with van der Waals surface area (Å²) in [5.41, 5.74) is -1.51.